The maximum absolute atomic E-state index is 9.47. The van der Waals surface area contributed by atoms with Crippen molar-refractivity contribution in [1.29, 1.82) is 0 Å². The highest BCUT2D eigenvalue weighted by atomic mass is 16.1. The van der Waals surface area contributed by atoms with E-state index in [-0.39, 0.29) is 0 Å². The van der Waals surface area contributed by atoms with Gasteiger partial charge in [0.25, 0.3) is 0 Å². The molecule has 0 radical (unpaired) electrons. The summed E-state index contributed by atoms with van der Waals surface area (Å²) < 4.78 is 0. The second kappa shape index (κ2) is 15.4. The number of hydrogen-bond acceptors (Lipinski definition) is 1. The van der Waals surface area contributed by atoms with Crippen LogP contribution in [0, 0.1) is 0 Å². The van der Waals surface area contributed by atoms with Gasteiger partial charge in [-0.2, -0.15) is 0 Å². The summed E-state index contributed by atoms with van der Waals surface area (Å²) in [5, 5.41) is 0. The van der Waals surface area contributed by atoms with E-state index in [1.807, 2.05) is 6.08 Å². The van der Waals surface area contributed by atoms with E-state index in [1.54, 1.807) is 0 Å². The molecule has 0 saturated heterocycles. The summed E-state index contributed by atoms with van der Waals surface area (Å²) in [5.74, 6) is -0.481. The Morgan fingerprint density at radius 1 is 1.13 bits per heavy atom. The summed E-state index contributed by atoms with van der Waals surface area (Å²) in [6.07, 6.45) is 12.6. The second-order valence-corrected chi connectivity index (χ2v) is 3.45. The average molecular weight is 211 g/mol. The number of carbonyl (C=O) groups is 1. The van der Waals surface area contributed by atoms with E-state index >= 15 is 0 Å². The van der Waals surface area contributed by atoms with Gasteiger partial charge in [0.15, 0.2) is 0 Å². The van der Waals surface area contributed by atoms with Gasteiger partial charge in [-0.05, 0) is 18.9 Å². The standard InChI is InChI=1S/C10H20.C3H5NO/c1-3-5-7-9-10-8-6-4-2;1-2-3(4)5/h3H,1,4-10H2,2H3;2H,1H2,(H2,4,5). The first-order valence-corrected chi connectivity index (χ1v) is 5.71. The quantitative estimate of drug-likeness (QED) is 0.372. The van der Waals surface area contributed by atoms with Gasteiger partial charge in [-0.3, -0.25) is 4.79 Å². The van der Waals surface area contributed by atoms with Crippen LogP contribution in [0.15, 0.2) is 25.3 Å². The highest BCUT2D eigenvalue weighted by Crippen LogP contribution is 2.06. The van der Waals surface area contributed by atoms with Gasteiger partial charge in [0.2, 0.25) is 5.91 Å². The predicted molar refractivity (Wildman–Crippen MR) is 67.6 cm³/mol. The second-order valence-electron chi connectivity index (χ2n) is 3.45. The predicted octanol–water partition coefficient (Wildman–Crippen LogP) is 3.58. The smallest absolute Gasteiger partial charge is 0.240 e. The van der Waals surface area contributed by atoms with Crippen LogP contribution in [0.25, 0.3) is 0 Å². The first-order chi connectivity index (χ1) is 7.18. The van der Waals surface area contributed by atoms with Gasteiger partial charge in [0.1, 0.15) is 0 Å². The van der Waals surface area contributed by atoms with E-state index < -0.39 is 5.91 Å². The minimum Gasteiger partial charge on any atom is -0.366 e. The maximum Gasteiger partial charge on any atom is 0.240 e. The molecule has 0 aliphatic carbocycles. The maximum atomic E-state index is 9.47. The molecule has 0 aromatic rings. The molecular weight excluding hydrogens is 186 g/mol. The van der Waals surface area contributed by atoms with Crippen molar-refractivity contribution in [3.63, 3.8) is 0 Å². The first kappa shape index (κ1) is 16.4. The molecule has 0 aromatic heterocycles. The summed E-state index contributed by atoms with van der Waals surface area (Å²) in [7, 11) is 0. The summed E-state index contributed by atoms with van der Waals surface area (Å²) in [6, 6.07) is 0. The number of amides is 1. The van der Waals surface area contributed by atoms with Crippen LogP contribution >= 0.6 is 0 Å². The van der Waals surface area contributed by atoms with Crippen molar-refractivity contribution in [3.8, 4) is 0 Å². The molecule has 2 heteroatoms. The molecule has 88 valence electrons. The van der Waals surface area contributed by atoms with Crippen LogP contribution in [-0.4, -0.2) is 5.91 Å². The fourth-order valence-electron chi connectivity index (χ4n) is 1.07. The Kier molecular flexibility index (Phi) is 16.8. The highest BCUT2D eigenvalue weighted by molar-refractivity contribution is 5.84. The molecular formula is C13H25NO. The Morgan fingerprint density at radius 3 is 2.00 bits per heavy atom. The Morgan fingerprint density at radius 2 is 1.60 bits per heavy atom. The van der Waals surface area contributed by atoms with Gasteiger partial charge < -0.3 is 5.73 Å². The number of hydrogen-bond donors (Lipinski definition) is 1. The third kappa shape index (κ3) is 24.6. The van der Waals surface area contributed by atoms with Gasteiger partial charge in [0, 0.05) is 0 Å². The molecule has 0 aliphatic heterocycles. The normalized spacial score (nSPS) is 8.60. The first-order valence-electron chi connectivity index (χ1n) is 5.71. The van der Waals surface area contributed by atoms with Crippen LogP contribution in [-0.2, 0) is 4.79 Å². The van der Waals surface area contributed by atoms with Gasteiger partial charge in [-0.1, -0.05) is 51.7 Å². The summed E-state index contributed by atoms with van der Waals surface area (Å²) >= 11 is 0. The van der Waals surface area contributed by atoms with Crippen molar-refractivity contribution < 1.29 is 4.79 Å². The molecule has 0 atom stereocenters. The third-order valence-electron chi connectivity index (χ3n) is 1.96. The van der Waals surface area contributed by atoms with Crippen molar-refractivity contribution in [2.45, 2.75) is 51.9 Å². The summed E-state index contributed by atoms with van der Waals surface area (Å²) in [4.78, 5) is 9.47. The van der Waals surface area contributed by atoms with E-state index in [0.717, 1.165) is 6.08 Å². The van der Waals surface area contributed by atoms with Gasteiger partial charge >= 0.3 is 0 Å². The molecule has 0 aromatic carbocycles. The van der Waals surface area contributed by atoms with E-state index in [1.165, 1.54) is 44.9 Å². The molecule has 15 heavy (non-hydrogen) atoms. The number of rotatable bonds is 8. The Bertz CT molecular complexity index is 164. The van der Waals surface area contributed by atoms with Crippen LogP contribution in [0.4, 0.5) is 0 Å². The van der Waals surface area contributed by atoms with E-state index in [9.17, 15) is 4.79 Å². The molecule has 0 unspecified atom stereocenters. The van der Waals surface area contributed by atoms with Crippen molar-refractivity contribution in [2.75, 3.05) is 0 Å². The van der Waals surface area contributed by atoms with E-state index in [2.05, 4.69) is 25.8 Å². The number of primary amides is 1. The minimum absolute atomic E-state index is 0.481. The zero-order chi connectivity index (χ0) is 11.9. The molecule has 0 rings (SSSR count). The highest BCUT2D eigenvalue weighted by Gasteiger charge is 1.86. The zero-order valence-electron chi connectivity index (χ0n) is 10.0. The van der Waals surface area contributed by atoms with Crippen molar-refractivity contribution in [1.82, 2.24) is 0 Å². The SMILES string of the molecule is C=CC(N)=O.C=CCCCCCCCC. The molecule has 2 nitrogen and oxygen atoms in total. The van der Waals surface area contributed by atoms with Gasteiger partial charge in [-0.15, -0.1) is 6.58 Å². The lowest BCUT2D eigenvalue weighted by molar-refractivity contribution is -0.113. The molecule has 0 spiro atoms. The number of carbonyl (C=O) groups excluding carboxylic acids is 1. The van der Waals surface area contributed by atoms with Crippen LogP contribution in [0.2, 0.25) is 0 Å². The lowest BCUT2D eigenvalue weighted by Crippen LogP contribution is -2.04. The number of nitrogens with two attached hydrogens (primary N) is 1. The van der Waals surface area contributed by atoms with Gasteiger partial charge in [-0.25, -0.2) is 0 Å². The van der Waals surface area contributed by atoms with Crippen LogP contribution in [0.5, 0.6) is 0 Å². The zero-order valence-corrected chi connectivity index (χ0v) is 10.0. The van der Waals surface area contributed by atoms with E-state index in [4.69, 9.17) is 0 Å². The fraction of sp³-hybridized carbons (Fsp3) is 0.615. The minimum atomic E-state index is -0.481. The molecule has 1 amide bonds. The van der Waals surface area contributed by atoms with Crippen molar-refractivity contribution >= 4 is 5.91 Å². The monoisotopic (exact) mass is 211 g/mol. The Labute approximate surface area is 94.2 Å². The lowest BCUT2D eigenvalue weighted by atomic mass is 10.1. The molecule has 0 bridgehead atoms. The number of allylic oxidation sites excluding steroid dienone is 1. The van der Waals surface area contributed by atoms with Crippen molar-refractivity contribution in [2.24, 2.45) is 5.73 Å². The topological polar surface area (TPSA) is 43.1 Å². The number of unbranched alkanes of at least 4 members (excludes halogenated alkanes) is 6. The molecule has 0 saturated carbocycles. The van der Waals surface area contributed by atoms with E-state index in [0.29, 0.717) is 0 Å². The Balaban J connectivity index is 0. The molecule has 0 aliphatic rings. The lowest BCUT2D eigenvalue weighted by Gasteiger charge is -1.96. The molecule has 0 heterocycles. The largest absolute Gasteiger partial charge is 0.366 e. The van der Waals surface area contributed by atoms with Crippen molar-refractivity contribution in [3.05, 3.63) is 25.3 Å². The van der Waals surface area contributed by atoms with Crippen LogP contribution in [0.1, 0.15) is 51.9 Å². The molecule has 0 fully saturated rings. The summed E-state index contributed by atoms with van der Waals surface area (Å²) in [5.41, 5.74) is 4.53. The fourth-order valence-corrected chi connectivity index (χ4v) is 1.07. The average Bonchev–Trinajstić information content (AvgIpc) is 2.24. The third-order valence-corrected chi connectivity index (χ3v) is 1.96. The summed E-state index contributed by atoms with van der Waals surface area (Å²) in [6.45, 7) is 9.03. The van der Waals surface area contributed by atoms with Crippen LogP contribution < -0.4 is 5.73 Å². The van der Waals surface area contributed by atoms with Crippen LogP contribution in [0.3, 0.4) is 0 Å². The molecule has 2 N–H and O–H groups in total. The Hall–Kier alpha value is -1.05. The van der Waals surface area contributed by atoms with Gasteiger partial charge in [0.05, 0.1) is 0 Å².